The van der Waals surface area contributed by atoms with Gasteiger partial charge in [-0.2, -0.15) is 0 Å². The van der Waals surface area contributed by atoms with E-state index in [0.717, 1.165) is 17.7 Å². The maximum Gasteiger partial charge on any atom is 0.410 e. The van der Waals surface area contributed by atoms with Gasteiger partial charge >= 0.3 is 18.0 Å². The lowest BCUT2D eigenvalue weighted by Crippen LogP contribution is -2.49. The molecule has 0 fully saturated rings. The van der Waals surface area contributed by atoms with Crippen LogP contribution in [0.5, 0.6) is 0 Å². The van der Waals surface area contributed by atoms with E-state index in [0.29, 0.717) is 13.2 Å². The number of hydrogen-bond acceptors (Lipinski definition) is 6. The summed E-state index contributed by atoms with van der Waals surface area (Å²) in [5.41, 5.74) is -2.65. The first-order chi connectivity index (χ1) is 16.0. The predicted molar refractivity (Wildman–Crippen MR) is 133 cm³/mol. The molecule has 0 aromatic rings. The summed E-state index contributed by atoms with van der Waals surface area (Å²) in [6, 6.07) is -1.35. The predicted octanol–water partition coefficient (Wildman–Crippen LogP) is 5.39. The first-order valence-corrected chi connectivity index (χ1v) is 12.3. The van der Waals surface area contributed by atoms with Crippen LogP contribution in [0.4, 0.5) is 9.18 Å². The Kier molecular flexibility index (Phi) is 14.1. The minimum atomic E-state index is -1.82. The molecule has 0 aliphatic carbocycles. The normalized spacial score (nSPS) is 15.8. The van der Waals surface area contributed by atoms with Gasteiger partial charge in [0.05, 0.1) is 0 Å². The number of carboxylic acid groups (broad SMARTS) is 1. The maximum absolute atomic E-state index is 14.5. The molecule has 0 heterocycles. The molecule has 204 valence electrons. The van der Waals surface area contributed by atoms with Crippen molar-refractivity contribution in [3.8, 4) is 0 Å². The lowest BCUT2D eigenvalue weighted by atomic mass is 9.86. The van der Waals surface area contributed by atoms with Gasteiger partial charge in [0.2, 0.25) is 0 Å². The van der Waals surface area contributed by atoms with Crippen LogP contribution in [0.25, 0.3) is 0 Å². The van der Waals surface area contributed by atoms with E-state index in [1.54, 1.807) is 20.8 Å². The van der Waals surface area contributed by atoms with Gasteiger partial charge in [-0.15, -0.1) is 0 Å². The van der Waals surface area contributed by atoms with Gasteiger partial charge in [0.15, 0.2) is 6.10 Å². The zero-order valence-corrected chi connectivity index (χ0v) is 22.9. The molecule has 0 aromatic heterocycles. The van der Waals surface area contributed by atoms with Crippen molar-refractivity contribution in [2.45, 2.75) is 104 Å². The second kappa shape index (κ2) is 15.1. The molecule has 0 aliphatic heterocycles. The van der Waals surface area contributed by atoms with Crippen molar-refractivity contribution in [3.05, 3.63) is 12.2 Å². The van der Waals surface area contributed by atoms with Crippen LogP contribution < -0.4 is 0 Å². The van der Waals surface area contributed by atoms with Gasteiger partial charge in [-0.05, 0) is 66.2 Å². The number of carbonyl (C=O) groups excluding carboxylic acids is 2. The summed E-state index contributed by atoms with van der Waals surface area (Å²) in [5.74, 6) is -2.40. The van der Waals surface area contributed by atoms with Gasteiger partial charge in [0.25, 0.3) is 0 Å². The van der Waals surface area contributed by atoms with Crippen molar-refractivity contribution < 1.29 is 38.1 Å². The molecule has 2 unspecified atom stereocenters. The highest BCUT2D eigenvalue weighted by molar-refractivity contribution is 5.84. The lowest BCUT2D eigenvalue weighted by molar-refractivity contribution is -0.169. The van der Waals surface area contributed by atoms with Crippen LogP contribution in [0.15, 0.2) is 12.2 Å². The number of ether oxygens (including phenoxy) is 3. The number of esters is 1. The van der Waals surface area contributed by atoms with E-state index in [9.17, 15) is 23.9 Å². The fraction of sp³-hybridized carbons (Fsp3) is 0.808. The summed E-state index contributed by atoms with van der Waals surface area (Å²) in [4.78, 5) is 38.6. The number of nitrogens with zero attached hydrogens (tertiary/aromatic N) is 1. The number of carboxylic acids is 1. The third-order valence-electron chi connectivity index (χ3n) is 5.36. The maximum atomic E-state index is 14.5. The number of halogens is 1. The summed E-state index contributed by atoms with van der Waals surface area (Å²) >= 11 is 0. The molecule has 0 aromatic carbocycles. The van der Waals surface area contributed by atoms with Crippen LogP contribution in [0.1, 0.15) is 81.1 Å². The zero-order valence-electron chi connectivity index (χ0n) is 22.9. The lowest BCUT2D eigenvalue weighted by Gasteiger charge is -2.32. The fourth-order valence-corrected chi connectivity index (χ4v) is 3.44. The SMILES string of the molecule is C/C=C\C(C[C@@H](OC(=O)[C@H](CC(C)(C)F)N(C)C(=O)OC(C)(C)C)C(=O)O)C(C)CCOCCC. The van der Waals surface area contributed by atoms with E-state index in [1.807, 2.05) is 32.9 Å². The number of hydrogen-bond donors (Lipinski definition) is 1. The molecule has 1 amide bonds. The van der Waals surface area contributed by atoms with Gasteiger partial charge in [-0.25, -0.2) is 18.8 Å². The third-order valence-corrected chi connectivity index (χ3v) is 5.36. The van der Waals surface area contributed by atoms with Crippen molar-refractivity contribution in [1.82, 2.24) is 4.90 Å². The largest absolute Gasteiger partial charge is 0.479 e. The fourth-order valence-electron chi connectivity index (χ4n) is 3.44. The number of likely N-dealkylation sites (N-methyl/N-ethyl adjacent to an activating group) is 1. The van der Waals surface area contributed by atoms with E-state index in [2.05, 4.69) is 0 Å². The summed E-state index contributed by atoms with van der Waals surface area (Å²) in [7, 11) is 1.31. The third kappa shape index (κ3) is 14.1. The molecule has 0 rings (SSSR count). The Balaban J connectivity index is 5.62. The molecule has 9 heteroatoms. The van der Waals surface area contributed by atoms with Crippen LogP contribution >= 0.6 is 0 Å². The van der Waals surface area contributed by atoms with E-state index in [4.69, 9.17) is 14.2 Å². The Morgan fingerprint density at radius 1 is 1.11 bits per heavy atom. The average Bonchev–Trinajstić information content (AvgIpc) is 2.71. The molecule has 0 spiro atoms. The molecule has 0 saturated heterocycles. The highest BCUT2D eigenvalue weighted by atomic mass is 19.1. The molecule has 0 radical (unpaired) electrons. The Hall–Kier alpha value is -2.16. The van der Waals surface area contributed by atoms with Crippen molar-refractivity contribution >= 4 is 18.0 Å². The Bertz CT molecular complexity index is 697. The Morgan fingerprint density at radius 2 is 1.71 bits per heavy atom. The summed E-state index contributed by atoms with van der Waals surface area (Å²) in [5, 5.41) is 9.78. The molecular weight excluding hydrogens is 457 g/mol. The smallest absolute Gasteiger partial charge is 0.410 e. The first kappa shape index (κ1) is 32.8. The summed E-state index contributed by atoms with van der Waals surface area (Å²) in [6.45, 7) is 14.6. The van der Waals surface area contributed by atoms with Crippen LogP contribution in [0, 0.1) is 11.8 Å². The number of carbonyl (C=O) groups is 3. The molecule has 35 heavy (non-hydrogen) atoms. The average molecular weight is 504 g/mol. The number of amides is 1. The van der Waals surface area contributed by atoms with Gasteiger partial charge in [0.1, 0.15) is 17.3 Å². The molecule has 0 saturated carbocycles. The van der Waals surface area contributed by atoms with Crippen LogP contribution in [0.2, 0.25) is 0 Å². The standard InChI is InChI=1S/C26H46FNO7/c1-10-12-19(18(3)13-15-33-14-11-2)16-21(22(29)30)34-23(31)20(17-26(7,8)27)28(9)24(32)35-25(4,5)6/h10,12,18-21H,11,13-17H2,1-9H3,(H,29,30)/b12-10-/t18?,19?,20-,21+/m0/s1. The van der Waals surface area contributed by atoms with E-state index in [1.165, 1.54) is 20.9 Å². The van der Waals surface area contributed by atoms with E-state index < -0.39 is 41.4 Å². The topological polar surface area (TPSA) is 102 Å². The van der Waals surface area contributed by atoms with Crippen LogP contribution in [-0.2, 0) is 23.8 Å². The second-order valence-corrected chi connectivity index (χ2v) is 10.6. The Morgan fingerprint density at radius 3 is 2.17 bits per heavy atom. The molecule has 1 N–H and O–H groups in total. The quantitative estimate of drug-likeness (QED) is 0.181. The first-order valence-electron chi connectivity index (χ1n) is 12.3. The van der Waals surface area contributed by atoms with E-state index in [-0.39, 0.29) is 24.7 Å². The monoisotopic (exact) mass is 503 g/mol. The molecule has 4 atom stereocenters. The van der Waals surface area contributed by atoms with Crippen LogP contribution in [0.3, 0.4) is 0 Å². The minimum absolute atomic E-state index is 0.0439. The summed E-state index contributed by atoms with van der Waals surface area (Å²) < 4.78 is 30.7. The van der Waals surface area contributed by atoms with Crippen molar-refractivity contribution in [2.75, 3.05) is 20.3 Å². The van der Waals surface area contributed by atoms with Gasteiger partial charge < -0.3 is 19.3 Å². The number of allylic oxidation sites excluding steroid dienone is 2. The zero-order chi connectivity index (χ0) is 27.4. The van der Waals surface area contributed by atoms with Crippen molar-refractivity contribution in [3.63, 3.8) is 0 Å². The number of rotatable bonds is 15. The van der Waals surface area contributed by atoms with Crippen molar-refractivity contribution in [1.29, 1.82) is 0 Å². The summed E-state index contributed by atoms with van der Waals surface area (Å²) in [6.07, 6.45) is 2.73. The van der Waals surface area contributed by atoms with Crippen LogP contribution in [-0.4, -0.2) is 71.7 Å². The molecule has 8 nitrogen and oxygen atoms in total. The molecule has 0 bridgehead atoms. The minimum Gasteiger partial charge on any atom is -0.479 e. The van der Waals surface area contributed by atoms with Crippen molar-refractivity contribution in [2.24, 2.45) is 11.8 Å². The van der Waals surface area contributed by atoms with Gasteiger partial charge in [-0.1, -0.05) is 26.0 Å². The van der Waals surface area contributed by atoms with Gasteiger partial charge in [0, 0.05) is 33.1 Å². The number of aliphatic carboxylic acids is 1. The highest BCUT2D eigenvalue weighted by Gasteiger charge is 2.38. The van der Waals surface area contributed by atoms with E-state index >= 15 is 0 Å². The molecular formula is C26H46FNO7. The highest BCUT2D eigenvalue weighted by Crippen LogP contribution is 2.26. The molecule has 0 aliphatic rings. The number of alkyl halides is 1. The Labute approximate surface area is 210 Å². The second-order valence-electron chi connectivity index (χ2n) is 10.6. The van der Waals surface area contributed by atoms with Gasteiger partial charge in [-0.3, -0.25) is 4.90 Å².